The molecule has 0 fully saturated rings. The smallest absolute Gasteiger partial charge is 0.335 e. The fourth-order valence-corrected chi connectivity index (χ4v) is 1.36. The molecule has 92 valence electrons. The van der Waals surface area contributed by atoms with E-state index in [1.807, 2.05) is 0 Å². The van der Waals surface area contributed by atoms with Gasteiger partial charge in [0.2, 0.25) is 5.91 Å². The molecule has 2 atom stereocenters. The Bertz CT molecular complexity index is 432. The van der Waals surface area contributed by atoms with Crippen molar-refractivity contribution < 1.29 is 24.9 Å². The molecule has 0 aromatic heterocycles. The van der Waals surface area contributed by atoms with E-state index in [0.29, 0.717) is 0 Å². The van der Waals surface area contributed by atoms with Crippen LogP contribution in [0.25, 0.3) is 0 Å². The van der Waals surface area contributed by atoms with Crippen LogP contribution in [0, 0.1) is 0 Å². The van der Waals surface area contributed by atoms with Crippen molar-refractivity contribution in [1.29, 1.82) is 0 Å². The van der Waals surface area contributed by atoms with E-state index in [1.165, 1.54) is 19.1 Å². The van der Waals surface area contributed by atoms with E-state index < -0.39 is 18.2 Å². The van der Waals surface area contributed by atoms with Gasteiger partial charge in [0.05, 0.1) is 0 Å². The van der Waals surface area contributed by atoms with E-state index >= 15 is 0 Å². The fraction of sp³-hybridized carbons (Fsp3) is 0.273. The van der Waals surface area contributed by atoms with Gasteiger partial charge in [0.15, 0.2) is 6.10 Å². The minimum atomic E-state index is -1.94. The highest BCUT2D eigenvalue weighted by molar-refractivity contribution is 5.89. The van der Waals surface area contributed by atoms with Crippen LogP contribution in [0.3, 0.4) is 0 Å². The van der Waals surface area contributed by atoms with Gasteiger partial charge in [-0.25, -0.2) is 4.79 Å². The molecule has 0 radical (unpaired) electrons. The summed E-state index contributed by atoms with van der Waals surface area (Å²) in [7, 11) is 0. The highest BCUT2D eigenvalue weighted by Gasteiger charge is 2.26. The van der Waals surface area contributed by atoms with Crippen LogP contribution in [0.15, 0.2) is 24.3 Å². The van der Waals surface area contributed by atoms with Crippen molar-refractivity contribution in [2.75, 3.05) is 5.32 Å². The van der Waals surface area contributed by atoms with Crippen molar-refractivity contribution in [3.05, 3.63) is 29.8 Å². The number of carbonyl (C=O) groups excluding carboxylic acids is 1. The zero-order valence-electron chi connectivity index (χ0n) is 9.12. The van der Waals surface area contributed by atoms with Gasteiger partial charge in [-0.05, 0) is 6.07 Å². The second-order valence-corrected chi connectivity index (χ2v) is 3.50. The Balaban J connectivity index is 3.04. The van der Waals surface area contributed by atoms with Crippen molar-refractivity contribution >= 4 is 17.6 Å². The maximum absolute atomic E-state index is 10.9. The number of rotatable bonds is 4. The number of carboxylic acids is 1. The molecule has 2 unspecified atom stereocenters. The standard InChI is InChI=1S/C11H13NO5/c1-6(13)12-8-5-3-2-4-7(8)9(14)10(15)11(16)17/h2-5,9-10,14-15H,1H3,(H,12,13)(H,16,17). The van der Waals surface area contributed by atoms with Crippen LogP contribution < -0.4 is 5.32 Å². The van der Waals surface area contributed by atoms with Gasteiger partial charge >= 0.3 is 5.97 Å². The fourth-order valence-electron chi connectivity index (χ4n) is 1.36. The highest BCUT2D eigenvalue weighted by Crippen LogP contribution is 2.25. The van der Waals surface area contributed by atoms with E-state index in [2.05, 4.69) is 5.32 Å². The molecule has 4 N–H and O–H groups in total. The van der Waals surface area contributed by atoms with Gasteiger partial charge in [0, 0.05) is 18.2 Å². The second kappa shape index (κ2) is 5.42. The monoisotopic (exact) mass is 239 g/mol. The molecule has 6 heteroatoms. The Hall–Kier alpha value is -1.92. The SMILES string of the molecule is CC(=O)Nc1ccccc1C(O)C(O)C(=O)O. The number of amides is 1. The Morgan fingerprint density at radius 3 is 2.35 bits per heavy atom. The van der Waals surface area contributed by atoms with Crippen LogP contribution in [-0.2, 0) is 9.59 Å². The first kappa shape index (κ1) is 13.1. The summed E-state index contributed by atoms with van der Waals surface area (Å²) >= 11 is 0. The van der Waals surface area contributed by atoms with Gasteiger partial charge in [0.1, 0.15) is 6.10 Å². The second-order valence-electron chi connectivity index (χ2n) is 3.50. The molecule has 0 bridgehead atoms. The number of aliphatic hydroxyl groups is 2. The lowest BCUT2D eigenvalue weighted by Crippen LogP contribution is -2.28. The summed E-state index contributed by atoms with van der Waals surface area (Å²) in [5, 5.41) is 30.0. The number of para-hydroxylation sites is 1. The average Bonchev–Trinajstić information content (AvgIpc) is 2.27. The molecule has 1 amide bonds. The van der Waals surface area contributed by atoms with Crippen LogP contribution in [-0.4, -0.2) is 33.3 Å². The third-order valence-corrected chi connectivity index (χ3v) is 2.14. The van der Waals surface area contributed by atoms with Crippen LogP contribution >= 0.6 is 0 Å². The van der Waals surface area contributed by atoms with Gasteiger partial charge in [0.25, 0.3) is 0 Å². The Morgan fingerprint density at radius 1 is 1.24 bits per heavy atom. The first-order valence-corrected chi connectivity index (χ1v) is 4.89. The van der Waals surface area contributed by atoms with E-state index in [1.54, 1.807) is 12.1 Å². The predicted octanol–water partition coefficient (Wildman–Crippen LogP) is 0.124. The minimum Gasteiger partial charge on any atom is -0.479 e. The van der Waals surface area contributed by atoms with Gasteiger partial charge in [-0.2, -0.15) is 0 Å². The first-order valence-electron chi connectivity index (χ1n) is 4.89. The Morgan fingerprint density at radius 2 is 1.82 bits per heavy atom. The maximum atomic E-state index is 10.9. The van der Waals surface area contributed by atoms with Crippen LogP contribution in [0.4, 0.5) is 5.69 Å². The van der Waals surface area contributed by atoms with E-state index in [-0.39, 0.29) is 17.2 Å². The van der Waals surface area contributed by atoms with Gasteiger partial charge in [-0.3, -0.25) is 4.79 Å². The lowest BCUT2D eigenvalue weighted by Gasteiger charge is -2.17. The van der Waals surface area contributed by atoms with Crippen LogP contribution in [0.5, 0.6) is 0 Å². The van der Waals surface area contributed by atoms with Crippen molar-refractivity contribution in [2.45, 2.75) is 19.1 Å². The number of hydrogen-bond donors (Lipinski definition) is 4. The summed E-state index contributed by atoms with van der Waals surface area (Å²) in [5.41, 5.74) is 0.422. The van der Waals surface area contributed by atoms with Gasteiger partial charge < -0.3 is 20.6 Å². The number of hydrogen-bond acceptors (Lipinski definition) is 4. The molecule has 6 nitrogen and oxygen atoms in total. The minimum absolute atomic E-state index is 0.151. The van der Waals surface area contributed by atoms with E-state index in [4.69, 9.17) is 5.11 Å². The molecule has 0 spiro atoms. The lowest BCUT2D eigenvalue weighted by molar-refractivity contribution is -0.153. The molecule has 1 aromatic carbocycles. The molecule has 0 saturated heterocycles. The van der Waals surface area contributed by atoms with Gasteiger partial charge in [-0.1, -0.05) is 18.2 Å². The summed E-state index contributed by atoms with van der Waals surface area (Å²) in [6.45, 7) is 1.29. The predicted molar refractivity (Wildman–Crippen MR) is 59.3 cm³/mol. The molecular formula is C11H13NO5. The Labute approximate surface area is 97.5 Å². The summed E-state index contributed by atoms with van der Waals surface area (Å²) in [6, 6.07) is 6.13. The summed E-state index contributed by atoms with van der Waals surface area (Å²) in [6.07, 6.45) is -3.54. The number of aliphatic hydroxyl groups excluding tert-OH is 2. The molecular weight excluding hydrogens is 226 g/mol. The third-order valence-electron chi connectivity index (χ3n) is 2.14. The molecule has 17 heavy (non-hydrogen) atoms. The molecule has 1 rings (SSSR count). The summed E-state index contributed by atoms with van der Waals surface area (Å²) in [5.74, 6) is -1.88. The Kier molecular flexibility index (Phi) is 4.19. The molecule has 0 heterocycles. The zero-order chi connectivity index (χ0) is 13.0. The van der Waals surface area contributed by atoms with Crippen LogP contribution in [0.1, 0.15) is 18.6 Å². The average molecular weight is 239 g/mol. The van der Waals surface area contributed by atoms with Gasteiger partial charge in [-0.15, -0.1) is 0 Å². The first-order chi connectivity index (χ1) is 7.93. The topological polar surface area (TPSA) is 107 Å². The molecule has 0 aliphatic rings. The molecule has 0 saturated carbocycles. The van der Waals surface area contributed by atoms with Crippen molar-refractivity contribution in [2.24, 2.45) is 0 Å². The highest BCUT2D eigenvalue weighted by atomic mass is 16.4. The van der Waals surface area contributed by atoms with Crippen molar-refractivity contribution in [1.82, 2.24) is 0 Å². The molecule has 1 aromatic rings. The third kappa shape index (κ3) is 3.27. The number of benzene rings is 1. The molecule has 0 aliphatic heterocycles. The van der Waals surface area contributed by atoms with Crippen LogP contribution in [0.2, 0.25) is 0 Å². The van der Waals surface area contributed by atoms with E-state index in [9.17, 15) is 19.8 Å². The van der Waals surface area contributed by atoms with Crippen molar-refractivity contribution in [3.8, 4) is 0 Å². The zero-order valence-corrected chi connectivity index (χ0v) is 9.12. The summed E-state index contributed by atoms with van der Waals surface area (Å²) < 4.78 is 0. The number of anilines is 1. The van der Waals surface area contributed by atoms with E-state index in [0.717, 1.165) is 0 Å². The van der Waals surface area contributed by atoms with Crippen molar-refractivity contribution in [3.63, 3.8) is 0 Å². The number of carboxylic acid groups (broad SMARTS) is 1. The number of carbonyl (C=O) groups is 2. The number of nitrogens with one attached hydrogen (secondary N) is 1. The molecule has 0 aliphatic carbocycles. The largest absolute Gasteiger partial charge is 0.479 e. The maximum Gasteiger partial charge on any atom is 0.335 e. The normalized spacial score (nSPS) is 13.8. The summed E-state index contributed by atoms with van der Waals surface area (Å²) in [4.78, 5) is 21.5. The number of aliphatic carboxylic acids is 1. The quantitative estimate of drug-likeness (QED) is 0.597. The lowest BCUT2D eigenvalue weighted by atomic mass is 10.0.